The van der Waals surface area contributed by atoms with Gasteiger partial charge in [-0.25, -0.2) is 0 Å². The van der Waals surface area contributed by atoms with Crippen LogP contribution in [0.15, 0.2) is 53.1 Å². The third-order valence-corrected chi connectivity index (χ3v) is 3.49. The number of hydrogen-bond donors (Lipinski definition) is 0. The molecule has 0 aliphatic rings. The van der Waals surface area contributed by atoms with Crippen LogP contribution in [0.25, 0.3) is 0 Å². The van der Waals surface area contributed by atoms with Crippen LogP contribution < -0.4 is 0 Å². The van der Waals surface area contributed by atoms with Crippen molar-refractivity contribution < 1.29 is 9.15 Å². The number of rotatable bonds is 8. The average molecular weight is 273 g/mol. The van der Waals surface area contributed by atoms with Crippen LogP contribution in [0.5, 0.6) is 0 Å². The first kappa shape index (κ1) is 14.8. The van der Waals surface area contributed by atoms with Crippen LogP contribution in [0.1, 0.15) is 31.3 Å². The van der Waals surface area contributed by atoms with E-state index in [1.165, 1.54) is 0 Å². The van der Waals surface area contributed by atoms with Gasteiger partial charge in [-0.15, -0.1) is 0 Å². The molecule has 0 N–H and O–H groups in total. The molecule has 20 heavy (non-hydrogen) atoms. The molecule has 2 aromatic rings. The van der Waals surface area contributed by atoms with Gasteiger partial charge in [0.25, 0.3) is 0 Å². The second kappa shape index (κ2) is 7.88. The lowest BCUT2D eigenvalue weighted by Gasteiger charge is -2.21. The minimum atomic E-state index is -0.123. The van der Waals surface area contributed by atoms with Crippen LogP contribution in [0.4, 0.5) is 0 Å². The fourth-order valence-electron chi connectivity index (χ4n) is 2.25. The van der Waals surface area contributed by atoms with Crippen LogP contribution in [0, 0.1) is 0 Å². The molecule has 2 rings (SSSR count). The van der Waals surface area contributed by atoms with E-state index in [1.807, 2.05) is 30.3 Å². The molecule has 0 aliphatic carbocycles. The van der Waals surface area contributed by atoms with Crippen molar-refractivity contribution in [3.63, 3.8) is 0 Å². The molecule has 1 aromatic carbocycles. The molecule has 3 nitrogen and oxygen atoms in total. The predicted molar refractivity (Wildman–Crippen MR) is 80.7 cm³/mol. The van der Waals surface area contributed by atoms with E-state index in [0.29, 0.717) is 6.61 Å². The molecule has 3 heteroatoms. The van der Waals surface area contributed by atoms with Crippen molar-refractivity contribution in [2.24, 2.45) is 0 Å². The smallest absolute Gasteiger partial charge is 0.140 e. The highest BCUT2D eigenvalue weighted by atomic mass is 16.5. The zero-order valence-electron chi connectivity index (χ0n) is 12.3. The molecule has 0 fully saturated rings. The average Bonchev–Trinajstić information content (AvgIpc) is 3.02. The first-order valence-electron chi connectivity index (χ1n) is 7.27. The van der Waals surface area contributed by atoms with Gasteiger partial charge in [0.1, 0.15) is 11.9 Å². The maximum absolute atomic E-state index is 6.07. The number of likely N-dealkylation sites (N-methyl/N-ethyl adjacent to an activating group) is 1. The van der Waals surface area contributed by atoms with Crippen molar-refractivity contribution in [1.82, 2.24) is 4.90 Å². The highest BCUT2D eigenvalue weighted by Crippen LogP contribution is 2.26. The van der Waals surface area contributed by atoms with Crippen LogP contribution in [0.3, 0.4) is 0 Å². The first-order chi connectivity index (χ1) is 9.85. The zero-order valence-corrected chi connectivity index (χ0v) is 12.3. The molecule has 0 amide bonds. The van der Waals surface area contributed by atoms with Crippen LogP contribution in [-0.2, 0) is 4.74 Å². The van der Waals surface area contributed by atoms with Gasteiger partial charge in [0, 0.05) is 6.54 Å². The van der Waals surface area contributed by atoms with Gasteiger partial charge >= 0.3 is 0 Å². The highest BCUT2D eigenvalue weighted by molar-refractivity contribution is 5.24. The number of nitrogens with zero attached hydrogens (tertiary/aromatic N) is 1. The first-order valence-corrected chi connectivity index (χ1v) is 7.27. The largest absolute Gasteiger partial charge is 0.466 e. The summed E-state index contributed by atoms with van der Waals surface area (Å²) in [6.07, 6.45) is 1.57. The van der Waals surface area contributed by atoms with Crippen molar-refractivity contribution >= 4 is 0 Å². The summed E-state index contributed by atoms with van der Waals surface area (Å²) in [7, 11) is 0. The molecule has 0 spiro atoms. The maximum atomic E-state index is 6.07. The Hall–Kier alpha value is -1.58. The Morgan fingerprint density at radius 2 is 1.80 bits per heavy atom. The number of ether oxygens (including phenoxy) is 1. The van der Waals surface area contributed by atoms with Crippen molar-refractivity contribution in [3.05, 3.63) is 60.1 Å². The van der Waals surface area contributed by atoms with Crippen molar-refractivity contribution in [3.8, 4) is 0 Å². The summed E-state index contributed by atoms with van der Waals surface area (Å²) in [5, 5.41) is 0. The predicted octanol–water partition coefficient (Wildman–Crippen LogP) is 3.73. The lowest BCUT2D eigenvalue weighted by molar-refractivity contribution is 0.0494. The van der Waals surface area contributed by atoms with Crippen LogP contribution in [-0.4, -0.2) is 31.1 Å². The molecule has 1 unspecified atom stereocenters. The summed E-state index contributed by atoms with van der Waals surface area (Å²) in [6, 6.07) is 14.1. The topological polar surface area (TPSA) is 25.6 Å². The van der Waals surface area contributed by atoms with E-state index in [9.17, 15) is 0 Å². The Kier molecular flexibility index (Phi) is 5.84. The minimum absolute atomic E-state index is 0.123. The van der Waals surface area contributed by atoms with E-state index in [4.69, 9.17) is 9.15 Å². The Morgan fingerprint density at radius 3 is 2.40 bits per heavy atom. The third kappa shape index (κ3) is 3.95. The fraction of sp³-hybridized carbons (Fsp3) is 0.412. The molecule has 1 heterocycles. The van der Waals surface area contributed by atoms with Crippen molar-refractivity contribution in [2.75, 3.05) is 26.2 Å². The van der Waals surface area contributed by atoms with Gasteiger partial charge in [-0.3, -0.25) is 0 Å². The normalized spacial score (nSPS) is 12.8. The summed E-state index contributed by atoms with van der Waals surface area (Å²) in [5.74, 6) is 0.857. The quantitative estimate of drug-likeness (QED) is 0.733. The Labute approximate surface area is 121 Å². The van der Waals surface area contributed by atoms with Crippen molar-refractivity contribution in [1.29, 1.82) is 0 Å². The summed E-state index contributed by atoms with van der Waals surface area (Å²) >= 11 is 0. The van der Waals surface area contributed by atoms with Crippen LogP contribution >= 0.6 is 0 Å². The second-order valence-corrected chi connectivity index (χ2v) is 4.70. The third-order valence-electron chi connectivity index (χ3n) is 3.49. The van der Waals surface area contributed by atoms with Gasteiger partial charge in [-0.05, 0) is 30.8 Å². The Bertz CT molecular complexity index is 463. The monoisotopic (exact) mass is 273 g/mol. The van der Waals surface area contributed by atoms with E-state index >= 15 is 0 Å². The molecule has 0 radical (unpaired) electrons. The lowest BCUT2D eigenvalue weighted by Crippen LogP contribution is -2.27. The van der Waals surface area contributed by atoms with E-state index < -0.39 is 0 Å². The van der Waals surface area contributed by atoms with E-state index in [2.05, 4.69) is 30.9 Å². The highest BCUT2D eigenvalue weighted by Gasteiger charge is 2.17. The van der Waals surface area contributed by atoms with Gasteiger partial charge in [0.2, 0.25) is 0 Å². The van der Waals surface area contributed by atoms with E-state index in [-0.39, 0.29) is 6.10 Å². The van der Waals surface area contributed by atoms with Crippen LogP contribution in [0.2, 0.25) is 0 Å². The number of benzene rings is 1. The molecule has 0 aliphatic heterocycles. The molecular formula is C17H23NO2. The summed E-state index contributed by atoms with van der Waals surface area (Å²) in [6.45, 7) is 8.08. The van der Waals surface area contributed by atoms with Gasteiger partial charge in [0.05, 0.1) is 12.9 Å². The molecular weight excluding hydrogens is 250 g/mol. The van der Waals surface area contributed by atoms with Crippen molar-refractivity contribution in [2.45, 2.75) is 20.0 Å². The molecule has 0 saturated heterocycles. The fourth-order valence-corrected chi connectivity index (χ4v) is 2.25. The molecule has 1 aromatic heterocycles. The molecule has 108 valence electrons. The summed E-state index contributed by atoms with van der Waals surface area (Å²) in [4.78, 5) is 2.35. The second-order valence-electron chi connectivity index (χ2n) is 4.70. The Balaban J connectivity index is 2.01. The minimum Gasteiger partial charge on any atom is -0.466 e. The van der Waals surface area contributed by atoms with Gasteiger partial charge in [0.15, 0.2) is 0 Å². The Morgan fingerprint density at radius 1 is 1.05 bits per heavy atom. The van der Waals surface area contributed by atoms with Gasteiger partial charge in [-0.1, -0.05) is 44.2 Å². The SMILES string of the molecule is CCN(CC)CCOC(c1ccccc1)c1ccco1. The molecule has 0 bridgehead atoms. The maximum Gasteiger partial charge on any atom is 0.140 e. The van der Waals surface area contributed by atoms with Gasteiger partial charge in [-0.2, -0.15) is 0 Å². The van der Waals surface area contributed by atoms with E-state index in [0.717, 1.165) is 31.0 Å². The molecule has 1 atom stereocenters. The lowest BCUT2D eigenvalue weighted by atomic mass is 10.1. The molecule has 0 saturated carbocycles. The summed E-state index contributed by atoms with van der Waals surface area (Å²) in [5.41, 5.74) is 1.13. The summed E-state index contributed by atoms with van der Waals surface area (Å²) < 4.78 is 11.6. The van der Waals surface area contributed by atoms with E-state index in [1.54, 1.807) is 6.26 Å². The number of hydrogen-bond acceptors (Lipinski definition) is 3. The van der Waals surface area contributed by atoms with Gasteiger partial charge < -0.3 is 14.1 Å². The zero-order chi connectivity index (χ0) is 14.2. The standard InChI is InChI=1S/C17H23NO2/c1-3-18(4-2)12-14-20-17(16-11-8-13-19-16)15-9-6-5-7-10-15/h5-11,13,17H,3-4,12,14H2,1-2H3. The number of furan rings is 1.